The summed E-state index contributed by atoms with van der Waals surface area (Å²) in [6, 6.07) is 27.4. The molecule has 0 atom stereocenters. The molecule has 4 aromatic carbocycles. The Kier molecular flexibility index (Phi) is 6.10. The number of anilines is 3. The maximum Gasteiger partial charge on any atom is 0.611 e. The minimum absolute atomic E-state index is 0.406. The zero-order chi connectivity index (χ0) is 23.3. The number of nitrogens with two attached hydrogens (primary N) is 3. The Balaban J connectivity index is 1.77. The molecule has 0 heterocycles. The normalized spacial score (nSPS) is 10.9. The third-order valence-corrected chi connectivity index (χ3v) is 4.54. The predicted octanol–water partition coefficient (Wildman–Crippen LogP) is 3.53. The second kappa shape index (κ2) is 9.29. The van der Waals surface area contributed by atoms with Gasteiger partial charge in [0.05, 0.1) is 0 Å². The van der Waals surface area contributed by atoms with Crippen molar-refractivity contribution in [3.05, 3.63) is 97.1 Å². The van der Waals surface area contributed by atoms with E-state index in [4.69, 9.17) is 36.1 Å². The lowest BCUT2D eigenvalue weighted by Gasteiger charge is -2.32. The summed E-state index contributed by atoms with van der Waals surface area (Å²) in [5.74, 6) is 1.65. The molecule has 0 fully saturated rings. The Hall–Kier alpha value is -4.56. The van der Waals surface area contributed by atoms with Crippen molar-refractivity contribution in [3.63, 3.8) is 0 Å². The molecule has 8 nitrogen and oxygen atoms in total. The summed E-state index contributed by atoms with van der Waals surface area (Å²) >= 11 is 0. The highest BCUT2D eigenvalue weighted by atomic mass is 17.0. The summed E-state index contributed by atoms with van der Waals surface area (Å²) in [5, 5.41) is 0. The minimum atomic E-state index is -2.05. The average Bonchev–Trinajstić information content (AvgIpc) is 2.80. The summed E-state index contributed by atoms with van der Waals surface area (Å²) < 4.78 is 24.6. The van der Waals surface area contributed by atoms with Gasteiger partial charge in [0.2, 0.25) is 0 Å². The SMILES string of the molecule is Nc1ccc(OC(Oc2ccc(N)cc2)(Oc2ccc(N)cc2)Oc2ccc([NH3+])cc2)cc1. The van der Waals surface area contributed by atoms with Crippen molar-refractivity contribution in [3.8, 4) is 23.0 Å². The molecule has 9 N–H and O–H groups in total. The Labute approximate surface area is 191 Å². The van der Waals surface area contributed by atoms with E-state index in [1.54, 1.807) is 97.1 Å². The summed E-state index contributed by atoms with van der Waals surface area (Å²) in [6.07, 6.45) is -2.05. The second-order valence-corrected chi connectivity index (χ2v) is 7.26. The van der Waals surface area contributed by atoms with Crippen LogP contribution in [-0.4, -0.2) is 6.16 Å². The van der Waals surface area contributed by atoms with Crippen molar-refractivity contribution in [2.75, 3.05) is 17.2 Å². The highest BCUT2D eigenvalue weighted by Gasteiger charge is 2.44. The first kappa shape index (κ1) is 21.7. The number of nitrogen functional groups attached to an aromatic ring is 3. The van der Waals surface area contributed by atoms with Crippen molar-refractivity contribution in [2.24, 2.45) is 0 Å². The lowest BCUT2D eigenvalue weighted by molar-refractivity contribution is -0.367. The summed E-state index contributed by atoms with van der Waals surface area (Å²) in [6.45, 7) is 0. The fourth-order valence-corrected chi connectivity index (χ4v) is 2.87. The fraction of sp³-hybridized carbons (Fsp3) is 0.0400. The maximum atomic E-state index is 6.17. The van der Waals surface area contributed by atoms with E-state index in [0.717, 1.165) is 5.69 Å². The molecular formula is C25H25N4O4+. The smallest absolute Gasteiger partial charge is 0.399 e. The third kappa shape index (κ3) is 5.78. The number of benzene rings is 4. The van der Waals surface area contributed by atoms with Gasteiger partial charge in [-0.2, -0.15) is 0 Å². The lowest BCUT2D eigenvalue weighted by Crippen LogP contribution is -2.53. The molecule has 0 bridgehead atoms. The topological polar surface area (TPSA) is 143 Å². The molecule has 0 amide bonds. The first-order valence-electron chi connectivity index (χ1n) is 10.1. The van der Waals surface area contributed by atoms with Crippen molar-refractivity contribution < 1.29 is 24.7 Å². The zero-order valence-electron chi connectivity index (χ0n) is 17.8. The highest BCUT2D eigenvalue weighted by molar-refractivity contribution is 5.44. The monoisotopic (exact) mass is 445 g/mol. The second-order valence-electron chi connectivity index (χ2n) is 7.26. The number of ether oxygens (including phenoxy) is 4. The van der Waals surface area contributed by atoms with Gasteiger partial charge in [0.15, 0.2) is 0 Å². The third-order valence-electron chi connectivity index (χ3n) is 4.54. The molecule has 33 heavy (non-hydrogen) atoms. The van der Waals surface area contributed by atoms with Gasteiger partial charge in [-0.3, -0.25) is 0 Å². The van der Waals surface area contributed by atoms with Crippen LogP contribution in [0.3, 0.4) is 0 Å². The summed E-state index contributed by atoms with van der Waals surface area (Å²) in [7, 11) is 0. The van der Waals surface area contributed by atoms with E-state index in [1.165, 1.54) is 0 Å². The van der Waals surface area contributed by atoms with E-state index >= 15 is 0 Å². The Morgan fingerprint density at radius 1 is 0.424 bits per heavy atom. The molecule has 8 heteroatoms. The van der Waals surface area contributed by atoms with E-state index in [-0.39, 0.29) is 0 Å². The van der Waals surface area contributed by atoms with Gasteiger partial charge < -0.3 is 41.9 Å². The average molecular weight is 445 g/mol. The van der Waals surface area contributed by atoms with Crippen LogP contribution in [0.25, 0.3) is 0 Å². The van der Waals surface area contributed by atoms with Gasteiger partial charge in [-0.25, -0.2) is 0 Å². The first-order chi connectivity index (χ1) is 15.9. The molecule has 4 aromatic rings. The number of hydrogen-bond acceptors (Lipinski definition) is 7. The van der Waals surface area contributed by atoms with Crippen LogP contribution in [0.2, 0.25) is 0 Å². The predicted molar refractivity (Wildman–Crippen MR) is 127 cm³/mol. The van der Waals surface area contributed by atoms with Gasteiger partial charge in [-0.1, -0.05) is 0 Å². The van der Waals surface area contributed by atoms with Crippen molar-refractivity contribution in [1.82, 2.24) is 0 Å². The molecule has 0 unspecified atom stereocenters. The zero-order valence-corrected chi connectivity index (χ0v) is 17.8. The first-order valence-corrected chi connectivity index (χ1v) is 10.1. The van der Waals surface area contributed by atoms with E-state index in [2.05, 4.69) is 5.73 Å². The largest absolute Gasteiger partial charge is 0.611 e. The van der Waals surface area contributed by atoms with E-state index in [9.17, 15) is 0 Å². The van der Waals surface area contributed by atoms with Crippen molar-refractivity contribution >= 4 is 22.7 Å². The van der Waals surface area contributed by atoms with Gasteiger partial charge in [0, 0.05) is 29.2 Å². The molecule has 0 aliphatic rings. The van der Waals surface area contributed by atoms with Crippen LogP contribution in [-0.2, 0) is 0 Å². The molecule has 4 rings (SSSR count). The Morgan fingerprint density at radius 2 is 0.667 bits per heavy atom. The molecule has 0 saturated carbocycles. The van der Waals surface area contributed by atoms with Crippen LogP contribution in [0.4, 0.5) is 22.7 Å². The van der Waals surface area contributed by atoms with Crippen LogP contribution < -0.4 is 41.9 Å². The van der Waals surface area contributed by atoms with Gasteiger partial charge in [0.1, 0.15) is 28.7 Å². The van der Waals surface area contributed by atoms with Gasteiger partial charge in [-0.05, 0) is 84.9 Å². The summed E-state index contributed by atoms with van der Waals surface area (Å²) in [4.78, 5) is 0. The number of rotatable bonds is 8. The van der Waals surface area contributed by atoms with Crippen molar-refractivity contribution in [2.45, 2.75) is 6.16 Å². The van der Waals surface area contributed by atoms with Crippen LogP contribution in [0.5, 0.6) is 23.0 Å². The molecule has 0 radical (unpaired) electrons. The molecule has 0 aliphatic heterocycles. The van der Waals surface area contributed by atoms with Gasteiger partial charge >= 0.3 is 6.16 Å². The molecular weight excluding hydrogens is 420 g/mol. The lowest BCUT2D eigenvalue weighted by atomic mass is 10.3. The van der Waals surface area contributed by atoms with E-state index < -0.39 is 6.16 Å². The van der Waals surface area contributed by atoms with Gasteiger partial charge in [0.25, 0.3) is 0 Å². The van der Waals surface area contributed by atoms with Crippen LogP contribution >= 0.6 is 0 Å². The number of quaternary nitrogens is 1. The molecule has 168 valence electrons. The quantitative estimate of drug-likeness (QED) is 0.240. The molecule has 0 aliphatic carbocycles. The summed E-state index contributed by atoms with van der Waals surface area (Å²) in [5.41, 5.74) is 23.9. The molecule has 0 spiro atoms. The van der Waals surface area contributed by atoms with E-state index in [1.807, 2.05) is 0 Å². The van der Waals surface area contributed by atoms with Crippen molar-refractivity contribution in [1.29, 1.82) is 0 Å². The van der Waals surface area contributed by atoms with Gasteiger partial charge in [-0.15, -0.1) is 0 Å². The molecule has 0 aromatic heterocycles. The Morgan fingerprint density at radius 3 is 0.939 bits per heavy atom. The van der Waals surface area contributed by atoms with Crippen LogP contribution in [0.15, 0.2) is 97.1 Å². The minimum Gasteiger partial charge on any atom is -0.399 e. The number of hydrogen-bond donors (Lipinski definition) is 4. The van der Waals surface area contributed by atoms with Crippen LogP contribution in [0, 0.1) is 0 Å². The highest BCUT2D eigenvalue weighted by Crippen LogP contribution is 2.31. The van der Waals surface area contributed by atoms with E-state index in [0.29, 0.717) is 40.1 Å². The maximum absolute atomic E-state index is 6.17. The fourth-order valence-electron chi connectivity index (χ4n) is 2.87. The molecule has 0 saturated heterocycles. The standard InChI is InChI=1S/C25H24N4O4/c26-17-1-9-21(10-2-17)30-25(31-22-11-3-18(27)4-12-22,32-23-13-5-19(28)6-14-23)33-24-15-7-20(29)8-16-24/h1-16H,26-29H2/p+1. The Bertz CT molecular complexity index is 984. The van der Waals surface area contributed by atoms with Crippen LogP contribution in [0.1, 0.15) is 0 Å².